The Morgan fingerprint density at radius 2 is 2.04 bits per heavy atom. The van der Waals surface area contributed by atoms with E-state index in [1.807, 2.05) is 24.3 Å². The highest BCUT2D eigenvalue weighted by Gasteiger charge is 2.57. The van der Waals surface area contributed by atoms with E-state index in [9.17, 15) is 4.79 Å². The van der Waals surface area contributed by atoms with Crippen LogP contribution < -0.4 is 5.32 Å². The minimum Gasteiger partial charge on any atom is -0.356 e. The monoisotopic (exact) mass is 332 g/mol. The Kier molecular flexibility index (Phi) is 3.20. The first-order valence-corrected chi connectivity index (χ1v) is 8.95. The summed E-state index contributed by atoms with van der Waals surface area (Å²) in [6.45, 7) is 0.753. The molecule has 4 heteroatoms. The number of aryl methyl sites for hydroxylation is 1. The van der Waals surface area contributed by atoms with E-state index in [1.165, 1.54) is 30.4 Å². The van der Waals surface area contributed by atoms with Gasteiger partial charge in [-0.15, -0.1) is 0 Å². The minimum atomic E-state index is 0.0207. The van der Waals surface area contributed by atoms with Crippen molar-refractivity contribution in [2.75, 3.05) is 6.54 Å². The highest BCUT2D eigenvalue weighted by molar-refractivity contribution is 5.86. The second-order valence-electron chi connectivity index (χ2n) is 7.32. The molecule has 1 heterocycles. The van der Waals surface area contributed by atoms with E-state index in [4.69, 9.17) is 4.52 Å². The molecule has 1 aromatic heterocycles. The van der Waals surface area contributed by atoms with Crippen LogP contribution in [0.1, 0.15) is 29.7 Å². The fourth-order valence-electron chi connectivity index (χ4n) is 4.52. The Morgan fingerprint density at radius 1 is 1.20 bits per heavy atom. The number of carbonyl (C=O) groups is 1. The first kappa shape index (κ1) is 14.7. The van der Waals surface area contributed by atoms with Crippen molar-refractivity contribution in [3.05, 3.63) is 65.4 Å². The highest BCUT2D eigenvalue weighted by atomic mass is 16.5. The standard InChI is InChI=1S/C21H20N2O2/c24-20(11-18-16-6-2-4-8-19(16)25-23-18)22-13-15-12-21(15)10-9-14-5-1-3-7-17(14)21/h1-8,15H,9-13H2,(H,22,24). The lowest BCUT2D eigenvalue weighted by molar-refractivity contribution is -0.120. The Labute approximate surface area is 146 Å². The van der Waals surface area contributed by atoms with Crippen LogP contribution in [0.2, 0.25) is 0 Å². The Morgan fingerprint density at radius 3 is 3.00 bits per heavy atom. The number of nitrogens with zero attached hydrogens (tertiary/aromatic N) is 1. The van der Waals surface area contributed by atoms with Crippen molar-refractivity contribution in [3.63, 3.8) is 0 Å². The Bertz CT molecular complexity index is 961. The molecule has 3 aromatic rings. The SMILES string of the molecule is O=C(Cc1noc2ccccc12)NCC1CC12CCc1ccccc12. The zero-order valence-corrected chi connectivity index (χ0v) is 14.0. The molecule has 1 spiro atoms. The van der Waals surface area contributed by atoms with E-state index in [2.05, 4.69) is 34.7 Å². The zero-order chi connectivity index (χ0) is 16.9. The molecule has 2 aliphatic rings. The fraction of sp³-hybridized carbons (Fsp3) is 0.333. The van der Waals surface area contributed by atoms with Gasteiger partial charge < -0.3 is 9.84 Å². The predicted octanol–water partition coefficient (Wildman–Crippen LogP) is 3.39. The molecule has 1 amide bonds. The normalized spacial score (nSPS) is 23.8. The zero-order valence-electron chi connectivity index (χ0n) is 14.0. The van der Waals surface area contributed by atoms with Crippen molar-refractivity contribution in [2.24, 2.45) is 5.92 Å². The van der Waals surface area contributed by atoms with Gasteiger partial charge >= 0.3 is 0 Å². The van der Waals surface area contributed by atoms with E-state index in [1.54, 1.807) is 0 Å². The van der Waals surface area contributed by atoms with Gasteiger partial charge in [-0.3, -0.25) is 4.79 Å². The number of hydrogen-bond acceptors (Lipinski definition) is 3. The third-order valence-electron chi connectivity index (χ3n) is 5.95. The van der Waals surface area contributed by atoms with Crippen molar-refractivity contribution < 1.29 is 9.32 Å². The van der Waals surface area contributed by atoms with Gasteiger partial charge in [0, 0.05) is 17.3 Å². The maximum atomic E-state index is 12.3. The quantitative estimate of drug-likeness (QED) is 0.797. The van der Waals surface area contributed by atoms with Gasteiger partial charge in [-0.1, -0.05) is 41.6 Å². The van der Waals surface area contributed by atoms with E-state index >= 15 is 0 Å². The molecule has 25 heavy (non-hydrogen) atoms. The van der Waals surface area contributed by atoms with Crippen molar-refractivity contribution in [1.82, 2.24) is 10.5 Å². The summed E-state index contributed by atoms with van der Waals surface area (Å²) in [7, 11) is 0. The summed E-state index contributed by atoms with van der Waals surface area (Å²) in [6, 6.07) is 16.4. The summed E-state index contributed by atoms with van der Waals surface area (Å²) in [5, 5.41) is 8.07. The first-order valence-electron chi connectivity index (χ1n) is 8.95. The number of para-hydroxylation sites is 1. The number of nitrogens with one attached hydrogen (secondary N) is 1. The molecule has 2 atom stereocenters. The lowest BCUT2D eigenvalue weighted by Crippen LogP contribution is -2.29. The van der Waals surface area contributed by atoms with Crippen LogP contribution in [0, 0.1) is 5.92 Å². The molecule has 0 saturated heterocycles. The van der Waals surface area contributed by atoms with E-state index in [-0.39, 0.29) is 12.3 Å². The van der Waals surface area contributed by atoms with E-state index in [0.29, 0.717) is 17.0 Å². The van der Waals surface area contributed by atoms with Gasteiger partial charge in [0.15, 0.2) is 5.58 Å². The average molecular weight is 332 g/mol. The number of aromatic nitrogens is 1. The lowest BCUT2D eigenvalue weighted by atomic mass is 9.95. The number of hydrogen-bond donors (Lipinski definition) is 1. The van der Waals surface area contributed by atoms with Crippen LogP contribution in [0.5, 0.6) is 0 Å². The Hall–Kier alpha value is -2.62. The Balaban J connectivity index is 1.22. The van der Waals surface area contributed by atoms with Crippen LogP contribution in [0.3, 0.4) is 0 Å². The van der Waals surface area contributed by atoms with Crippen LogP contribution in [0.4, 0.5) is 0 Å². The topological polar surface area (TPSA) is 55.1 Å². The van der Waals surface area contributed by atoms with Crippen molar-refractivity contribution in [2.45, 2.75) is 31.1 Å². The van der Waals surface area contributed by atoms with Crippen molar-refractivity contribution >= 4 is 16.9 Å². The second-order valence-corrected chi connectivity index (χ2v) is 7.32. The van der Waals surface area contributed by atoms with E-state index < -0.39 is 0 Å². The third-order valence-corrected chi connectivity index (χ3v) is 5.95. The molecule has 1 saturated carbocycles. The number of amides is 1. The summed E-state index contributed by atoms with van der Waals surface area (Å²) in [5.74, 6) is 0.585. The van der Waals surface area contributed by atoms with Crippen molar-refractivity contribution in [3.8, 4) is 0 Å². The number of benzene rings is 2. The van der Waals surface area contributed by atoms with Crippen LogP contribution >= 0.6 is 0 Å². The summed E-state index contributed by atoms with van der Waals surface area (Å²) < 4.78 is 5.27. The number of carbonyl (C=O) groups excluding carboxylic acids is 1. The van der Waals surface area contributed by atoms with E-state index in [0.717, 1.165) is 17.5 Å². The highest BCUT2D eigenvalue weighted by Crippen LogP contribution is 2.61. The maximum Gasteiger partial charge on any atom is 0.226 e. The summed E-state index contributed by atoms with van der Waals surface area (Å²) in [5.41, 5.74) is 4.77. The van der Waals surface area contributed by atoms with Gasteiger partial charge in [-0.25, -0.2) is 0 Å². The van der Waals surface area contributed by atoms with Gasteiger partial charge in [0.2, 0.25) is 5.91 Å². The molecule has 2 aromatic carbocycles. The number of rotatable bonds is 4. The van der Waals surface area contributed by atoms with Gasteiger partial charge in [0.25, 0.3) is 0 Å². The average Bonchev–Trinajstić information content (AvgIpc) is 3.00. The molecule has 1 N–H and O–H groups in total. The smallest absolute Gasteiger partial charge is 0.226 e. The molecule has 0 aliphatic heterocycles. The van der Waals surface area contributed by atoms with Gasteiger partial charge in [0.05, 0.1) is 6.42 Å². The summed E-state index contributed by atoms with van der Waals surface area (Å²) in [4.78, 5) is 12.3. The fourth-order valence-corrected chi connectivity index (χ4v) is 4.52. The number of fused-ring (bicyclic) bond motifs is 3. The van der Waals surface area contributed by atoms with Crippen molar-refractivity contribution in [1.29, 1.82) is 0 Å². The van der Waals surface area contributed by atoms with Crippen LogP contribution in [0.15, 0.2) is 53.1 Å². The molecule has 4 nitrogen and oxygen atoms in total. The van der Waals surface area contributed by atoms with Crippen LogP contribution in [0.25, 0.3) is 11.0 Å². The minimum absolute atomic E-state index is 0.0207. The lowest BCUT2D eigenvalue weighted by Gasteiger charge is -2.12. The second kappa shape index (κ2) is 5.45. The molecule has 0 bridgehead atoms. The summed E-state index contributed by atoms with van der Waals surface area (Å²) >= 11 is 0. The molecule has 1 fully saturated rings. The molecule has 126 valence electrons. The van der Waals surface area contributed by atoms with Gasteiger partial charge in [-0.2, -0.15) is 0 Å². The first-order chi connectivity index (χ1) is 12.3. The third kappa shape index (κ3) is 2.36. The molecule has 2 aliphatic carbocycles. The molecular weight excluding hydrogens is 312 g/mol. The largest absolute Gasteiger partial charge is 0.356 e. The molecular formula is C21H20N2O2. The van der Waals surface area contributed by atoms with Crippen LogP contribution in [-0.2, 0) is 23.1 Å². The van der Waals surface area contributed by atoms with Crippen LogP contribution in [-0.4, -0.2) is 17.6 Å². The maximum absolute atomic E-state index is 12.3. The molecule has 2 unspecified atom stereocenters. The molecule has 5 rings (SSSR count). The van der Waals surface area contributed by atoms with Gasteiger partial charge in [-0.05, 0) is 48.4 Å². The molecule has 0 radical (unpaired) electrons. The summed E-state index contributed by atoms with van der Waals surface area (Å²) in [6.07, 6.45) is 3.86. The predicted molar refractivity (Wildman–Crippen MR) is 95.3 cm³/mol. The van der Waals surface area contributed by atoms with Gasteiger partial charge in [0.1, 0.15) is 5.69 Å².